The lowest BCUT2D eigenvalue weighted by molar-refractivity contribution is 0.628. The molecule has 0 bridgehead atoms. The molecule has 5 rings (SSSR count). The van der Waals surface area contributed by atoms with Crippen molar-refractivity contribution in [1.82, 2.24) is 19.6 Å². The Kier molecular flexibility index (Phi) is 2.76. The summed E-state index contributed by atoms with van der Waals surface area (Å²) in [5.74, 6) is 0.257. The summed E-state index contributed by atoms with van der Waals surface area (Å²) >= 11 is 1.77. The monoisotopic (exact) mass is 324 g/mol. The Morgan fingerprint density at radius 2 is 2.09 bits per heavy atom. The average molecular weight is 324 g/mol. The van der Waals surface area contributed by atoms with E-state index in [0.29, 0.717) is 11.4 Å². The van der Waals surface area contributed by atoms with E-state index >= 15 is 0 Å². The third-order valence-corrected chi connectivity index (χ3v) is 5.57. The molecule has 1 aliphatic carbocycles. The van der Waals surface area contributed by atoms with Crippen LogP contribution in [-0.2, 0) is 12.8 Å². The van der Waals surface area contributed by atoms with Crippen LogP contribution in [0.3, 0.4) is 0 Å². The number of rotatable bonds is 1. The lowest BCUT2D eigenvalue weighted by Gasteiger charge is -2.09. The molecule has 4 nitrogen and oxygen atoms in total. The molecular weight excluding hydrogens is 311 g/mol. The van der Waals surface area contributed by atoms with Crippen molar-refractivity contribution in [2.75, 3.05) is 0 Å². The van der Waals surface area contributed by atoms with Crippen LogP contribution in [-0.4, -0.2) is 19.6 Å². The largest absolute Gasteiger partial charge is 0.225 e. The minimum Gasteiger partial charge on any atom is -0.225 e. The van der Waals surface area contributed by atoms with Crippen LogP contribution in [0, 0.1) is 5.82 Å². The fourth-order valence-electron chi connectivity index (χ4n) is 3.30. The van der Waals surface area contributed by atoms with E-state index in [0.717, 1.165) is 28.7 Å². The minimum absolute atomic E-state index is 0.280. The zero-order valence-electron chi connectivity index (χ0n) is 12.3. The van der Waals surface area contributed by atoms with Crippen molar-refractivity contribution in [3.05, 3.63) is 46.9 Å². The predicted molar refractivity (Wildman–Crippen MR) is 88.2 cm³/mol. The summed E-state index contributed by atoms with van der Waals surface area (Å²) in [7, 11) is 0. The highest BCUT2D eigenvalue weighted by Gasteiger charge is 2.20. The molecule has 0 radical (unpaired) electrons. The minimum atomic E-state index is -0.280. The highest BCUT2D eigenvalue weighted by atomic mass is 32.1. The molecule has 0 aliphatic heterocycles. The van der Waals surface area contributed by atoms with Crippen molar-refractivity contribution >= 4 is 27.2 Å². The van der Waals surface area contributed by atoms with Crippen molar-refractivity contribution < 1.29 is 4.39 Å². The lowest BCUT2D eigenvalue weighted by Crippen LogP contribution is -1.99. The van der Waals surface area contributed by atoms with Gasteiger partial charge in [-0.15, -0.1) is 16.4 Å². The van der Waals surface area contributed by atoms with E-state index in [-0.39, 0.29) is 5.82 Å². The van der Waals surface area contributed by atoms with Gasteiger partial charge in [0, 0.05) is 10.4 Å². The maximum absolute atomic E-state index is 13.5. The second-order valence-electron chi connectivity index (χ2n) is 5.85. The molecule has 23 heavy (non-hydrogen) atoms. The molecule has 0 unspecified atom stereocenters. The van der Waals surface area contributed by atoms with Crippen LogP contribution in [0.2, 0.25) is 0 Å². The third-order valence-electron chi connectivity index (χ3n) is 4.37. The zero-order chi connectivity index (χ0) is 15.4. The van der Waals surface area contributed by atoms with Gasteiger partial charge in [-0.3, -0.25) is 0 Å². The molecule has 3 aromatic heterocycles. The van der Waals surface area contributed by atoms with E-state index in [9.17, 15) is 4.39 Å². The van der Waals surface area contributed by atoms with E-state index < -0.39 is 0 Å². The number of benzene rings is 1. The normalized spacial score (nSPS) is 14.5. The molecule has 3 heterocycles. The highest BCUT2D eigenvalue weighted by molar-refractivity contribution is 7.19. The Labute approximate surface area is 135 Å². The molecule has 0 spiro atoms. The molecule has 4 aromatic rings. The third kappa shape index (κ3) is 1.98. The Morgan fingerprint density at radius 3 is 3.00 bits per heavy atom. The molecule has 1 aliphatic rings. The highest BCUT2D eigenvalue weighted by Crippen LogP contribution is 2.37. The Balaban J connectivity index is 1.79. The van der Waals surface area contributed by atoms with Crippen LogP contribution in [0.15, 0.2) is 30.6 Å². The summed E-state index contributed by atoms with van der Waals surface area (Å²) in [6.07, 6.45) is 6.38. The van der Waals surface area contributed by atoms with Crippen molar-refractivity contribution in [1.29, 1.82) is 0 Å². The van der Waals surface area contributed by atoms with Gasteiger partial charge in [-0.25, -0.2) is 18.9 Å². The van der Waals surface area contributed by atoms with Crippen molar-refractivity contribution in [2.45, 2.75) is 25.7 Å². The van der Waals surface area contributed by atoms with Crippen LogP contribution in [0.1, 0.15) is 23.3 Å². The van der Waals surface area contributed by atoms with Gasteiger partial charge in [-0.05, 0) is 43.4 Å². The van der Waals surface area contributed by atoms with Crippen LogP contribution in [0.25, 0.3) is 27.3 Å². The van der Waals surface area contributed by atoms with Crippen LogP contribution in [0.5, 0.6) is 0 Å². The van der Waals surface area contributed by atoms with Crippen molar-refractivity contribution in [3.8, 4) is 11.4 Å². The predicted octanol–water partition coefficient (Wildman–Crippen LogP) is 4.02. The molecule has 0 amide bonds. The first-order chi connectivity index (χ1) is 11.3. The summed E-state index contributed by atoms with van der Waals surface area (Å²) < 4.78 is 15.2. The maximum Gasteiger partial charge on any atom is 0.182 e. The molecule has 0 saturated heterocycles. The van der Waals surface area contributed by atoms with Gasteiger partial charge in [-0.2, -0.15) is 0 Å². The van der Waals surface area contributed by atoms with Crippen molar-refractivity contribution in [3.63, 3.8) is 0 Å². The SMILES string of the molecule is Fc1cccc(-c2nc3c4c5c(sc4ncn3n2)CCCC5)c1. The van der Waals surface area contributed by atoms with Gasteiger partial charge < -0.3 is 0 Å². The summed E-state index contributed by atoms with van der Waals surface area (Å²) in [6, 6.07) is 6.39. The molecule has 0 atom stereocenters. The van der Waals surface area contributed by atoms with Crippen molar-refractivity contribution in [2.24, 2.45) is 0 Å². The van der Waals surface area contributed by atoms with Gasteiger partial charge in [0.15, 0.2) is 11.5 Å². The Morgan fingerprint density at radius 1 is 1.17 bits per heavy atom. The number of hydrogen-bond donors (Lipinski definition) is 0. The van der Waals surface area contributed by atoms with Gasteiger partial charge in [-0.1, -0.05) is 12.1 Å². The number of halogens is 1. The summed E-state index contributed by atoms with van der Waals surface area (Å²) in [4.78, 5) is 11.7. The topological polar surface area (TPSA) is 43.1 Å². The smallest absolute Gasteiger partial charge is 0.182 e. The van der Waals surface area contributed by atoms with Gasteiger partial charge >= 0.3 is 0 Å². The molecule has 1 aromatic carbocycles. The molecule has 0 saturated carbocycles. The first kappa shape index (κ1) is 13.1. The standard InChI is InChI=1S/C17H13FN4S/c18-11-5-3-4-10(8-11)15-20-16-14-12-6-1-2-7-13(12)23-17(14)19-9-22(16)21-15/h3-5,8-9H,1-2,6-7H2. The number of aryl methyl sites for hydroxylation is 2. The average Bonchev–Trinajstić information content (AvgIpc) is 3.15. The maximum atomic E-state index is 13.5. The van der Waals surface area contributed by atoms with Gasteiger partial charge in [0.2, 0.25) is 0 Å². The number of thiophene rings is 1. The van der Waals surface area contributed by atoms with Crippen LogP contribution in [0.4, 0.5) is 4.39 Å². The number of nitrogens with zero attached hydrogens (tertiary/aromatic N) is 4. The Bertz CT molecular complexity index is 1050. The number of hydrogen-bond acceptors (Lipinski definition) is 4. The zero-order valence-corrected chi connectivity index (χ0v) is 13.1. The van der Waals surface area contributed by atoms with E-state index in [4.69, 9.17) is 0 Å². The van der Waals surface area contributed by atoms with E-state index in [1.165, 1.54) is 35.4 Å². The van der Waals surface area contributed by atoms with E-state index in [1.54, 1.807) is 28.2 Å². The van der Waals surface area contributed by atoms with Crippen LogP contribution < -0.4 is 0 Å². The summed E-state index contributed by atoms with van der Waals surface area (Å²) in [5.41, 5.74) is 2.90. The number of aromatic nitrogens is 4. The van der Waals surface area contributed by atoms with E-state index in [2.05, 4.69) is 15.1 Å². The number of fused-ring (bicyclic) bond motifs is 5. The molecule has 0 N–H and O–H groups in total. The van der Waals surface area contributed by atoms with Crippen LogP contribution >= 0.6 is 11.3 Å². The van der Waals surface area contributed by atoms with Gasteiger partial charge in [0.1, 0.15) is 17.0 Å². The van der Waals surface area contributed by atoms with Gasteiger partial charge in [0.25, 0.3) is 0 Å². The van der Waals surface area contributed by atoms with E-state index in [1.807, 2.05) is 6.07 Å². The molecule has 6 heteroatoms. The quantitative estimate of drug-likeness (QED) is 0.531. The second kappa shape index (κ2) is 4.83. The fraction of sp³-hybridized carbons (Fsp3) is 0.235. The van der Waals surface area contributed by atoms with Gasteiger partial charge in [0.05, 0.1) is 5.39 Å². The first-order valence-electron chi connectivity index (χ1n) is 7.71. The second-order valence-corrected chi connectivity index (χ2v) is 6.93. The lowest BCUT2D eigenvalue weighted by atomic mass is 9.97. The summed E-state index contributed by atoms with van der Waals surface area (Å²) in [6.45, 7) is 0. The molecule has 114 valence electrons. The summed E-state index contributed by atoms with van der Waals surface area (Å²) in [5, 5.41) is 5.61. The Hall–Kier alpha value is -2.34. The molecular formula is C17H13FN4S. The first-order valence-corrected chi connectivity index (χ1v) is 8.53. The fourth-order valence-corrected chi connectivity index (χ4v) is 4.53. The molecule has 0 fully saturated rings.